The maximum atomic E-state index is 12.5. The fourth-order valence-electron chi connectivity index (χ4n) is 3.44. The van der Waals surface area contributed by atoms with Gasteiger partial charge < -0.3 is 9.64 Å². The molecule has 2 aromatic carbocycles. The molecule has 9 nitrogen and oxygen atoms in total. The zero-order chi connectivity index (χ0) is 23.4. The van der Waals surface area contributed by atoms with Crippen molar-refractivity contribution in [2.24, 2.45) is 0 Å². The van der Waals surface area contributed by atoms with E-state index in [-0.39, 0.29) is 22.0 Å². The monoisotopic (exact) mass is 480 g/mol. The molecule has 0 aliphatic carbocycles. The van der Waals surface area contributed by atoms with Crippen molar-refractivity contribution >= 4 is 37.4 Å². The third-order valence-electron chi connectivity index (χ3n) is 5.06. The Kier molecular flexibility index (Phi) is 7.19. The number of anilines is 1. The average Bonchev–Trinajstić information content (AvgIpc) is 3.12. The topological polar surface area (TPSA) is 127 Å². The first-order valence-electron chi connectivity index (χ1n) is 9.96. The third kappa shape index (κ3) is 5.86. The summed E-state index contributed by atoms with van der Waals surface area (Å²) in [5.74, 6) is -1.31. The second-order valence-corrected chi connectivity index (χ2v) is 11.2. The number of likely N-dealkylation sites (N-methyl/N-ethyl adjacent to an activating group) is 1. The molecule has 0 aromatic heterocycles. The number of sulfonamides is 1. The summed E-state index contributed by atoms with van der Waals surface area (Å²) in [6.45, 7) is 1.50. The number of carbonyl (C=O) groups is 2. The van der Waals surface area contributed by atoms with Crippen LogP contribution >= 0.6 is 0 Å². The summed E-state index contributed by atoms with van der Waals surface area (Å²) in [6.07, 6.45) is 0.364. The molecule has 1 aliphatic heterocycles. The number of amides is 1. The van der Waals surface area contributed by atoms with Crippen LogP contribution in [0.1, 0.15) is 23.7 Å². The van der Waals surface area contributed by atoms with Gasteiger partial charge in [-0.1, -0.05) is 18.2 Å². The minimum atomic E-state index is -3.83. The van der Waals surface area contributed by atoms with Gasteiger partial charge in [0.2, 0.25) is 0 Å². The Morgan fingerprint density at radius 1 is 1.09 bits per heavy atom. The van der Waals surface area contributed by atoms with Gasteiger partial charge in [0.25, 0.3) is 15.9 Å². The molecule has 32 heavy (non-hydrogen) atoms. The normalized spacial score (nSPS) is 17.5. The van der Waals surface area contributed by atoms with Crippen molar-refractivity contribution in [1.82, 2.24) is 4.90 Å². The summed E-state index contributed by atoms with van der Waals surface area (Å²) in [5.41, 5.74) is 0.494. The second-order valence-electron chi connectivity index (χ2n) is 7.31. The largest absolute Gasteiger partial charge is 0.452 e. The maximum absolute atomic E-state index is 12.5. The van der Waals surface area contributed by atoms with Crippen molar-refractivity contribution in [2.75, 3.05) is 29.4 Å². The number of nitrogens with one attached hydrogen (secondary N) is 1. The molecule has 0 radical (unpaired) electrons. The van der Waals surface area contributed by atoms with E-state index < -0.39 is 44.4 Å². The molecule has 3 rings (SSSR count). The van der Waals surface area contributed by atoms with Crippen molar-refractivity contribution in [3.05, 3.63) is 60.2 Å². The SMILES string of the molecule is CCN(C(=O)COC(=O)c1ccc(S(=O)(=O)Nc2ccccc2)cc1)C1CCS(=O)(=O)C1. The molecule has 11 heteroatoms. The third-order valence-corrected chi connectivity index (χ3v) is 8.21. The van der Waals surface area contributed by atoms with Gasteiger partial charge in [-0.25, -0.2) is 21.6 Å². The van der Waals surface area contributed by atoms with Crippen LogP contribution in [0, 0.1) is 0 Å². The van der Waals surface area contributed by atoms with E-state index in [9.17, 15) is 26.4 Å². The van der Waals surface area contributed by atoms with E-state index in [1.165, 1.54) is 29.2 Å². The number of esters is 1. The lowest BCUT2D eigenvalue weighted by atomic mass is 10.2. The van der Waals surface area contributed by atoms with E-state index in [4.69, 9.17) is 4.74 Å². The molecule has 1 N–H and O–H groups in total. The number of ether oxygens (including phenoxy) is 1. The number of nitrogens with zero attached hydrogens (tertiary/aromatic N) is 1. The number of hydrogen-bond donors (Lipinski definition) is 1. The van der Waals surface area contributed by atoms with Crippen LogP contribution in [0.15, 0.2) is 59.5 Å². The minimum absolute atomic E-state index is 0.0337. The minimum Gasteiger partial charge on any atom is -0.452 e. The van der Waals surface area contributed by atoms with E-state index in [1.54, 1.807) is 37.3 Å². The first-order chi connectivity index (χ1) is 15.1. The molecule has 172 valence electrons. The highest BCUT2D eigenvalue weighted by atomic mass is 32.2. The molecule has 1 atom stereocenters. The number of benzene rings is 2. The van der Waals surface area contributed by atoms with E-state index in [0.29, 0.717) is 18.7 Å². The Morgan fingerprint density at radius 2 is 1.75 bits per heavy atom. The zero-order valence-corrected chi connectivity index (χ0v) is 19.1. The summed E-state index contributed by atoms with van der Waals surface area (Å²) in [6, 6.07) is 13.1. The van der Waals surface area contributed by atoms with Gasteiger partial charge in [0.1, 0.15) is 0 Å². The Balaban J connectivity index is 1.59. The summed E-state index contributed by atoms with van der Waals surface area (Å²) >= 11 is 0. The highest BCUT2D eigenvalue weighted by Gasteiger charge is 2.34. The molecule has 0 saturated carbocycles. The van der Waals surface area contributed by atoms with Crippen molar-refractivity contribution < 1.29 is 31.2 Å². The van der Waals surface area contributed by atoms with Gasteiger partial charge in [-0.3, -0.25) is 9.52 Å². The molecule has 1 heterocycles. The summed E-state index contributed by atoms with van der Waals surface area (Å²) < 4.78 is 55.7. The lowest BCUT2D eigenvalue weighted by Crippen LogP contribution is -2.43. The molecule has 1 fully saturated rings. The van der Waals surface area contributed by atoms with Gasteiger partial charge in [0, 0.05) is 18.3 Å². The quantitative estimate of drug-likeness (QED) is 0.570. The molecule has 1 saturated heterocycles. The highest BCUT2D eigenvalue weighted by Crippen LogP contribution is 2.19. The fraction of sp³-hybridized carbons (Fsp3) is 0.333. The second kappa shape index (κ2) is 9.70. The molecule has 0 bridgehead atoms. The predicted octanol–water partition coefficient (Wildman–Crippen LogP) is 1.68. The van der Waals surface area contributed by atoms with E-state index in [0.717, 1.165) is 0 Å². The molecular weight excluding hydrogens is 456 g/mol. The van der Waals surface area contributed by atoms with Crippen LogP contribution in [-0.4, -0.2) is 64.3 Å². The lowest BCUT2D eigenvalue weighted by Gasteiger charge is -2.26. The van der Waals surface area contributed by atoms with Crippen LogP contribution in [0.4, 0.5) is 5.69 Å². The Bertz CT molecular complexity index is 1180. The molecule has 0 spiro atoms. The fourth-order valence-corrected chi connectivity index (χ4v) is 6.23. The maximum Gasteiger partial charge on any atom is 0.338 e. The van der Waals surface area contributed by atoms with Crippen molar-refractivity contribution in [3.8, 4) is 0 Å². The molecule has 1 amide bonds. The molecule has 2 aromatic rings. The highest BCUT2D eigenvalue weighted by molar-refractivity contribution is 7.92. The van der Waals surface area contributed by atoms with Gasteiger partial charge in [-0.15, -0.1) is 0 Å². The van der Waals surface area contributed by atoms with Crippen molar-refractivity contribution in [3.63, 3.8) is 0 Å². The Labute approximate surface area is 187 Å². The van der Waals surface area contributed by atoms with Gasteiger partial charge in [-0.05, 0) is 49.7 Å². The van der Waals surface area contributed by atoms with Gasteiger partial charge >= 0.3 is 5.97 Å². The summed E-state index contributed by atoms with van der Waals surface area (Å²) in [4.78, 5) is 26.1. The van der Waals surface area contributed by atoms with Crippen LogP contribution in [0.5, 0.6) is 0 Å². The average molecular weight is 481 g/mol. The van der Waals surface area contributed by atoms with Crippen LogP contribution in [0.25, 0.3) is 0 Å². The van der Waals surface area contributed by atoms with Crippen LogP contribution < -0.4 is 4.72 Å². The molecule has 1 unspecified atom stereocenters. The van der Waals surface area contributed by atoms with Gasteiger partial charge in [-0.2, -0.15) is 0 Å². The van der Waals surface area contributed by atoms with Crippen LogP contribution in [0.2, 0.25) is 0 Å². The Hall–Kier alpha value is -2.92. The van der Waals surface area contributed by atoms with E-state index in [1.807, 2.05) is 0 Å². The predicted molar refractivity (Wildman–Crippen MR) is 118 cm³/mol. The zero-order valence-electron chi connectivity index (χ0n) is 17.4. The molecule has 1 aliphatic rings. The number of carbonyl (C=O) groups excluding carboxylic acids is 2. The standard InChI is InChI=1S/C21H24N2O7S2/c1-2-23(18-12-13-31(26,27)15-18)20(24)14-30-21(25)16-8-10-19(11-9-16)32(28,29)22-17-6-4-3-5-7-17/h3-11,18,22H,2,12-15H2,1H3. The molecular formula is C21H24N2O7S2. The van der Waals surface area contributed by atoms with E-state index in [2.05, 4.69) is 4.72 Å². The number of hydrogen-bond acceptors (Lipinski definition) is 7. The first kappa shape index (κ1) is 23.7. The van der Waals surface area contributed by atoms with Crippen molar-refractivity contribution in [2.45, 2.75) is 24.3 Å². The lowest BCUT2D eigenvalue weighted by molar-refractivity contribution is -0.136. The van der Waals surface area contributed by atoms with Crippen molar-refractivity contribution in [1.29, 1.82) is 0 Å². The van der Waals surface area contributed by atoms with Crippen LogP contribution in [0.3, 0.4) is 0 Å². The summed E-state index contributed by atoms with van der Waals surface area (Å²) in [5, 5.41) is 0. The van der Waals surface area contributed by atoms with Crippen LogP contribution in [-0.2, 0) is 29.4 Å². The Morgan fingerprint density at radius 3 is 2.31 bits per heavy atom. The van der Waals surface area contributed by atoms with E-state index >= 15 is 0 Å². The number of para-hydroxylation sites is 1. The van der Waals surface area contributed by atoms with Gasteiger partial charge in [0.05, 0.1) is 22.0 Å². The first-order valence-corrected chi connectivity index (χ1v) is 13.3. The number of rotatable bonds is 8. The number of sulfone groups is 1. The smallest absolute Gasteiger partial charge is 0.338 e. The summed E-state index contributed by atoms with van der Waals surface area (Å²) in [7, 11) is -6.98. The van der Waals surface area contributed by atoms with Gasteiger partial charge in [0.15, 0.2) is 16.4 Å².